The van der Waals surface area contributed by atoms with E-state index in [4.69, 9.17) is 4.74 Å². The SMILES string of the molecule is FC1COC12CNC2. The van der Waals surface area contributed by atoms with Crippen LogP contribution in [0.5, 0.6) is 0 Å². The van der Waals surface area contributed by atoms with E-state index in [1.54, 1.807) is 0 Å². The largest absolute Gasteiger partial charge is 0.366 e. The second-order valence-corrected chi connectivity index (χ2v) is 2.45. The fourth-order valence-electron chi connectivity index (χ4n) is 1.08. The summed E-state index contributed by atoms with van der Waals surface area (Å²) in [6.07, 6.45) is -0.705. The van der Waals surface area contributed by atoms with Crippen molar-refractivity contribution in [3.63, 3.8) is 0 Å². The summed E-state index contributed by atoms with van der Waals surface area (Å²) in [5.41, 5.74) is -0.375. The third-order valence-corrected chi connectivity index (χ3v) is 1.94. The molecule has 2 saturated heterocycles. The second kappa shape index (κ2) is 1.22. The molecule has 2 aliphatic rings. The Morgan fingerprint density at radius 2 is 2.38 bits per heavy atom. The van der Waals surface area contributed by atoms with Gasteiger partial charge >= 0.3 is 0 Å². The summed E-state index contributed by atoms with van der Waals surface area (Å²) in [6, 6.07) is 0. The average molecular weight is 117 g/mol. The Morgan fingerprint density at radius 1 is 1.62 bits per heavy atom. The van der Waals surface area contributed by atoms with Crippen LogP contribution in [0.1, 0.15) is 0 Å². The van der Waals surface area contributed by atoms with Crippen LogP contribution >= 0.6 is 0 Å². The first-order valence-electron chi connectivity index (χ1n) is 2.82. The number of nitrogens with one attached hydrogen (secondary N) is 1. The van der Waals surface area contributed by atoms with Crippen LogP contribution in [0.3, 0.4) is 0 Å². The molecule has 1 unspecified atom stereocenters. The quantitative estimate of drug-likeness (QED) is 0.470. The number of halogens is 1. The molecule has 0 aliphatic carbocycles. The van der Waals surface area contributed by atoms with Crippen molar-refractivity contribution in [3.05, 3.63) is 0 Å². The summed E-state index contributed by atoms with van der Waals surface area (Å²) in [4.78, 5) is 0. The van der Waals surface area contributed by atoms with Crippen LogP contribution in [0.25, 0.3) is 0 Å². The minimum absolute atomic E-state index is 0.307. The van der Waals surface area contributed by atoms with E-state index in [9.17, 15) is 4.39 Å². The van der Waals surface area contributed by atoms with E-state index in [2.05, 4.69) is 5.32 Å². The fourth-order valence-corrected chi connectivity index (χ4v) is 1.08. The van der Waals surface area contributed by atoms with Gasteiger partial charge in [0.05, 0.1) is 6.61 Å². The molecule has 3 heteroatoms. The van der Waals surface area contributed by atoms with Gasteiger partial charge < -0.3 is 10.1 Å². The van der Waals surface area contributed by atoms with Crippen LogP contribution in [-0.2, 0) is 4.74 Å². The maximum atomic E-state index is 12.5. The topological polar surface area (TPSA) is 21.3 Å². The molecule has 0 aromatic heterocycles. The lowest BCUT2D eigenvalue weighted by atomic mass is 9.87. The molecule has 8 heavy (non-hydrogen) atoms. The van der Waals surface area contributed by atoms with Crippen molar-refractivity contribution in [2.24, 2.45) is 0 Å². The van der Waals surface area contributed by atoms with Crippen molar-refractivity contribution in [1.82, 2.24) is 5.32 Å². The van der Waals surface area contributed by atoms with Gasteiger partial charge in [-0.1, -0.05) is 0 Å². The Labute approximate surface area is 47.0 Å². The van der Waals surface area contributed by atoms with E-state index in [1.807, 2.05) is 0 Å². The standard InChI is InChI=1S/C5H8FNO/c6-4-1-8-5(4)2-7-3-5/h4,7H,1-3H2. The van der Waals surface area contributed by atoms with E-state index in [0.29, 0.717) is 19.7 Å². The molecule has 0 aromatic carbocycles. The Kier molecular flexibility index (Phi) is 0.718. The lowest BCUT2D eigenvalue weighted by Gasteiger charge is -2.51. The van der Waals surface area contributed by atoms with Gasteiger partial charge in [0.15, 0.2) is 6.17 Å². The molecule has 2 fully saturated rings. The number of hydrogen-bond donors (Lipinski definition) is 1. The molecule has 0 amide bonds. The van der Waals surface area contributed by atoms with Gasteiger partial charge in [0, 0.05) is 13.1 Å². The molecule has 0 saturated carbocycles. The van der Waals surface area contributed by atoms with Gasteiger partial charge in [-0.3, -0.25) is 0 Å². The van der Waals surface area contributed by atoms with Crippen molar-refractivity contribution in [2.45, 2.75) is 11.8 Å². The Balaban J connectivity index is 2.03. The molecule has 2 nitrogen and oxygen atoms in total. The van der Waals surface area contributed by atoms with Crippen LogP contribution in [0, 0.1) is 0 Å². The van der Waals surface area contributed by atoms with Crippen LogP contribution in [0.2, 0.25) is 0 Å². The highest BCUT2D eigenvalue weighted by molar-refractivity contribution is 5.06. The molecule has 46 valence electrons. The summed E-state index contributed by atoms with van der Waals surface area (Å²) in [5, 5.41) is 2.97. The second-order valence-electron chi connectivity index (χ2n) is 2.45. The molecule has 2 heterocycles. The molecule has 1 spiro atoms. The zero-order valence-electron chi connectivity index (χ0n) is 4.48. The van der Waals surface area contributed by atoms with Crippen LogP contribution < -0.4 is 5.32 Å². The van der Waals surface area contributed by atoms with Gasteiger partial charge in [-0.2, -0.15) is 0 Å². The lowest BCUT2D eigenvalue weighted by Crippen LogP contribution is -2.73. The molecule has 1 N–H and O–H groups in total. The van der Waals surface area contributed by atoms with Crippen LogP contribution in [-0.4, -0.2) is 31.5 Å². The molecule has 0 aromatic rings. The van der Waals surface area contributed by atoms with Crippen molar-refractivity contribution in [2.75, 3.05) is 19.7 Å². The maximum absolute atomic E-state index is 12.5. The van der Waals surface area contributed by atoms with E-state index in [0.717, 1.165) is 0 Å². The molecule has 2 rings (SSSR count). The molecular formula is C5H8FNO. The summed E-state index contributed by atoms with van der Waals surface area (Å²) in [7, 11) is 0. The Hall–Kier alpha value is -0.150. The van der Waals surface area contributed by atoms with Crippen molar-refractivity contribution >= 4 is 0 Å². The third kappa shape index (κ3) is 0.349. The molecule has 1 atom stereocenters. The number of alkyl halides is 1. The highest BCUT2D eigenvalue weighted by Crippen LogP contribution is 2.32. The zero-order valence-corrected chi connectivity index (χ0v) is 4.48. The lowest BCUT2D eigenvalue weighted by molar-refractivity contribution is -0.231. The molecule has 2 aliphatic heterocycles. The van der Waals surface area contributed by atoms with E-state index < -0.39 is 6.17 Å². The third-order valence-electron chi connectivity index (χ3n) is 1.94. The first-order valence-corrected chi connectivity index (χ1v) is 2.82. The molecule has 0 bridgehead atoms. The minimum atomic E-state index is -0.705. The highest BCUT2D eigenvalue weighted by Gasteiger charge is 2.53. The monoisotopic (exact) mass is 117 g/mol. The Morgan fingerprint density at radius 3 is 2.38 bits per heavy atom. The predicted octanol–water partition coefficient (Wildman–Crippen LogP) is -0.303. The van der Waals surface area contributed by atoms with Crippen molar-refractivity contribution < 1.29 is 9.13 Å². The zero-order chi connectivity index (χ0) is 5.61. The predicted molar refractivity (Wildman–Crippen MR) is 26.4 cm³/mol. The highest BCUT2D eigenvalue weighted by atomic mass is 19.1. The summed E-state index contributed by atoms with van der Waals surface area (Å²) in [6.45, 7) is 1.71. The van der Waals surface area contributed by atoms with Gasteiger partial charge in [-0.25, -0.2) is 4.39 Å². The van der Waals surface area contributed by atoms with Crippen LogP contribution in [0.4, 0.5) is 4.39 Å². The van der Waals surface area contributed by atoms with Crippen molar-refractivity contribution in [3.8, 4) is 0 Å². The van der Waals surface area contributed by atoms with Gasteiger partial charge in [-0.15, -0.1) is 0 Å². The normalized spacial score (nSPS) is 40.9. The number of rotatable bonds is 0. The van der Waals surface area contributed by atoms with Gasteiger partial charge in [-0.05, 0) is 0 Å². The average Bonchev–Trinajstić information content (AvgIpc) is 1.58. The first-order chi connectivity index (χ1) is 3.83. The fraction of sp³-hybridized carbons (Fsp3) is 1.00. The van der Waals surface area contributed by atoms with E-state index in [-0.39, 0.29) is 5.60 Å². The number of ether oxygens (including phenoxy) is 1. The summed E-state index contributed by atoms with van der Waals surface area (Å²) >= 11 is 0. The molecule has 0 radical (unpaired) electrons. The smallest absolute Gasteiger partial charge is 0.155 e. The first kappa shape index (κ1) is 4.70. The Bertz CT molecular complexity index is 107. The maximum Gasteiger partial charge on any atom is 0.155 e. The minimum Gasteiger partial charge on any atom is -0.366 e. The van der Waals surface area contributed by atoms with E-state index >= 15 is 0 Å². The van der Waals surface area contributed by atoms with Gasteiger partial charge in [0.25, 0.3) is 0 Å². The van der Waals surface area contributed by atoms with Crippen molar-refractivity contribution in [1.29, 1.82) is 0 Å². The molecular weight excluding hydrogens is 109 g/mol. The van der Waals surface area contributed by atoms with E-state index in [1.165, 1.54) is 0 Å². The summed E-state index contributed by atoms with van der Waals surface area (Å²) in [5.74, 6) is 0. The number of hydrogen-bond acceptors (Lipinski definition) is 2. The summed E-state index contributed by atoms with van der Waals surface area (Å²) < 4.78 is 17.5. The van der Waals surface area contributed by atoms with Gasteiger partial charge in [0.1, 0.15) is 5.60 Å². The van der Waals surface area contributed by atoms with Crippen LogP contribution in [0.15, 0.2) is 0 Å². The van der Waals surface area contributed by atoms with Gasteiger partial charge in [0.2, 0.25) is 0 Å².